The number of aryl methyl sites for hydroxylation is 1. The second kappa shape index (κ2) is 6.18. The van der Waals surface area contributed by atoms with Crippen LogP contribution in [0.4, 0.5) is 0 Å². The van der Waals surface area contributed by atoms with E-state index >= 15 is 0 Å². The molecule has 1 atom stereocenters. The van der Waals surface area contributed by atoms with Gasteiger partial charge in [0.1, 0.15) is 6.10 Å². The molecule has 0 fully saturated rings. The van der Waals surface area contributed by atoms with E-state index in [0.29, 0.717) is 0 Å². The van der Waals surface area contributed by atoms with E-state index in [1.54, 1.807) is 6.92 Å². The molecule has 0 aromatic heterocycles. The SMILES string of the molecule is C/C(C(=O)O)=C(\C)C(=O)OC(C)c1ccc(C)cc1. The zero-order valence-corrected chi connectivity index (χ0v) is 11.6. The van der Waals surface area contributed by atoms with Crippen LogP contribution in [0.25, 0.3) is 0 Å². The Morgan fingerprint density at radius 3 is 2.11 bits per heavy atom. The maximum atomic E-state index is 11.8. The zero-order chi connectivity index (χ0) is 14.6. The van der Waals surface area contributed by atoms with Gasteiger partial charge in [-0.3, -0.25) is 0 Å². The van der Waals surface area contributed by atoms with Crippen LogP contribution in [0.1, 0.15) is 38.0 Å². The van der Waals surface area contributed by atoms with Crippen molar-refractivity contribution in [3.8, 4) is 0 Å². The van der Waals surface area contributed by atoms with Crippen LogP contribution < -0.4 is 0 Å². The second-order valence-electron chi connectivity index (χ2n) is 4.51. The lowest BCUT2D eigenvalue weighted by molar-refractivity contribution is -0.144. The number of carbonyl (C=O) groups is 2. The van der Waals surface area contributed by atoms with E-state index < -0.39 is 18.0 Å². The molecule has 1 aromatic carbocycles. The molecule has 1 rings (SSSR count). The third kappa shape index (κ3) is 3.95. The van der Waals surface area contributed by atoms with Crippen LogP contribution in [0, 0.1) is 6.92 Å². The number of rotatable bonds is 4. The van der Waals surface area contributed by atoms with E-state index in [-0.39, 0.29) is 11.1 Å². The van der Waals surface area contributed by atoms with E-state index in [1.165, 1.54) is 13.8 Å². The first-order valence-corrected chi connectivity index (χ1v) is 6.01. The standard InChI is InChI=1S/C15H18O4/c1-9-5-7-13(8-6-9)12(4)19-15(18)11(3)10(2)14(16)17/h5-8,12H,1-4H3,(H,16,17)/b11-10-. The lowest BCUT2D eigenvalue weighted by Crippen LogP contribution is -2.13. The van der Waals surface area contributed by atoms with Crippen molar-refractivity contribution in [1.82, 2.24) is 0 Å². The van der Waals surface area contributed by atoms with Crippen LogP contribution in [0.15, 0.2) is 35.4 Å². The number of ether oxygens (including phenoxy) is 1. The van der Waals surface area contributed by atoms with Crippen molar-refractivity contribution in [2.24, 2.45) is 0 Å². The molecule has 0 heterocycles. The Hall–Kier alpha value is -2.10. The summed E-state index contributed by atoms with van der Waals surface area (Å²) in [6.07, 6.45) is -0.412. The molecule has 102 valence electrons. The fourth-order valence-electron chi connectivity index (χ4n) is 1.47. The highest BCUT2D eigenvalue weighted by Crippen LogP contribution is 2.19. The van der Waals surface area contributed by atoms with E-state index in [0.717, 1.165) is 11.1 Å². The minimum Gasteiger partial charge on any atom is -0.478 e. The number of hydrogen-bond donors (Lipinski definition) is 1. The lowest BCUT2D eigenvalue weighted by Gasteiger charge is -2.14. The average Bonchev–Trinajstić information content (AvgIpc) is 2.37. The molecule has 0 aliphatic heterocycles. The quantitative estimate of drug-likeness (QED) is 0.669. The normalized spacial score (nSPS) is 13.5. The summed E-state index contributed by atoms with van der Waals surface area (Å²) in [6, 6.07) is 7.64. The zero-order valence-electron chi connectivity index (χ0n) is 11.6. The number of aliphatic carboxylic acids is 1. The highest BCUT2D eigenvalue weighted by atomic mass is 16.5. The summed E-state index contributed by atoms with van der Waals surface area (Å²) in [5, 5.41) is 8.82. The van der Waals surface area contributed by atoms with Gasteiger partial charge in [-0.1, -0.05) is 29.8 Å². The minimum atomic E-state index is -1.11. The molecule has 0 bridgehead atoms. The number of benzene rings is 1. The van der Waals surface area contributed by atoms with Crippen molar-refractivity contribution in [1.29, 1.82) is 0 Å². The van der Waals surface area contributed by atoms with Gasteiger partial charge in [-0.05, 0) is 33.3 Å². The summed E-state index contributed by atoms with van der Waals surface area (Å²) >= 11 is 0. The fraction of sp³-hybridized carbons (Fsp3) is 0.333. The van der Waals surface area contributed by atoms with Gasteiger partial charge in [0.05, 0.1) is 0 Å². The molecule has 1 N–H and O–H groups in total. The van der Waals surface area contributed by atoms with E-state index in [2.05, 4.69) is 0 Å². The number of esters is 1. The Balaban J connectivity index is 2.80. The number of carboxylic acids is 1. The number of hydrogen-bond acceptors (Lipinski definition) is 3. The predicted octanol–water partition coefficient (Wildman–Crippen LogP) is 3.02. The maximum absolute atomic E-state index is 11.8. The largest absolute Gasteiger partial charge is 0.478 e. The third-order valence-electron chi connectivity index (χ3n) is 3.02. The van der Waals surface area contributed by atoms with Gasteiger partial charge >= 0.3 is 11.9 Å². The Labute approximate surface area is 112 Å². The summed E-state index contributed by atoms with van der Waals surface area (Å²) in [4.78, 5) is 22.6. The van der Waals surface area contributed by atoms with Crippen molar-refractivity contribution in [3.63, 3.8) is 0 Å². The van der Waals surface area contributed by atoms with Crippen molar-refractivity contribution in [2.75, 3.05) is 0 Å². The molecule has 0 spiro atoms. The van der Waals surface area contributed by atoms with Crippen LogP contribution in [0.2, 0.25) is 0 Å². The van der Waals surface area contributed by atoms with Crippen LogP contribution in [0.3, 0.4) is 0 Å². The van der Waals surface area contributed by atoms with Gasteiger partial charge in [-0.25, -0.2) is 9.59 Å². The minimum absolute atomic E-state index is 0.00102. The van der Waals surface area contributed by atoms with E-state index in [1.807, 2.05) is 31.2 Å². The van der Waals surface area contributed by atoms with Crippen LogP contribution in [-0.4, -0.2) is 17.0 Å². The highest BCUT2D eigenvalue weighted by molar-refractivity contribution is 5.98. The summed E-state index contributed by atoms with van der Waals surface area (Å²) in [6.45, 7) is 6.57. The van der Waals surface area contributed by atoms with E-state index in [9.17, 15) is 9.59 Å². The Morgan fingerprint density at radius 1 is 1.11 bits per heavy atom. The Morgan fingerprint density at radius 2 is 1.63 bits per heavy atom. The molecule has 0 saturated carbocycles. The first kappa shape index (κ1) is 15.0. The van der Waals surface area contributed by atoms with Gasteiger partial charge in [-0.15, -0.1) is 0 Å². The molecule has 0 aliphatic rings. The van der Waals surface area contributed by atoms with Crippen LogP contribution in [-0.2, 0) is 14.3 Å². The monoisotopic (exact) mass is 262 g/mol. The van der Waals surface area contributed by atoms with Crippen LogP contribution in [0.5, 0.6) is 0 Å². The maximum Gasteiger partial charge on any atom is 0.334 e. The van der Waals surface area contributed by atoms with Gasteiger partial charge in [0.2, 0.25) is 0 Å². The molecule has 4 heteroatoms. The van der Waals surface area contributed by atoms with Crippen molar-refractivity contribution in [3.05, 3.63) is 46.5 Å². The molecule has 0 amide bonds. The second-order valence-corrected chi connectivity index (χ2v) is 4.51. The smallest absolute Gasteiger partial charge is 0.334 e. The van der Waals surface area contributed by atoms with Gasteiger partial charge < -0.3 is 9.84 Å². The summed E-state index contributed by atoms with van der Waals surface area (Å²) in [5.74, 6) is -1.72. The third-order valence-corrected chi connectivity index (χ3v) is 3.02. The molecule has 4 nitrogen and oxygen atoms in total. The van der Waals surface area contributed by atoms with Gasteiger partial charge in [-0.2, -0.15) is 0 Å². The summed E-state index contributed by atoms with van der Waals surface area (Å²) in [7, 11) is 0. The number of carbonyl (C=O) groups excluding carboxylic acids is 1. The first-order valence-electron chi connectivity index (χ1n) is 6.01. The molecule has 19 heavy (non-hydrogen) atoms. The molecular formula is C15H18O4. The Bertz CT molecular complexity index is 511. The van der Waals surface area contributed by atoms with Gasteiger partial charge in [0.25, 0.3) is 0 Å². The van der Waals surface area contributed by atoms with Gasteiger partial charge in [0.15, 0.2) is 0 Å². The molecule has 1 unspecified atom stereocenters. The molecule has 0 saturated heterocycles. The average molecular weight is 262 g/mol. The molecule has 1 aromatic rings. The molecule has 0 radical (unpaired) electrons. The first-order chi connectivity index (χ1) is 8.82. The summed E-state index contributed by atoms with van der Waals surface area (Å²) in [5.41, 5.74) is 2.12. The topological polar surface area (TPSA) is 63.6 Å². The van der Waals surface area contributed by atoms with Crippen molar-refractivity contribution >= 4 is 11.9 Å². The van der Waals surface area contributed by atoms with Gasteiger partial charge in [0, 0.05) is 11.1 Å². The van der Waals surface area contributed by atoms with E-state index in [4.69, 9.17) is 9.84 Å². The van der Waals surface area contributed by atoms with Crippen LogP contribution >= 0.6 is 0 Å². The molecular weight excluding hydrogens is 244 g/mol. The fourth-order valence-corrected chi connectivity index (χ4v) is 1.47. The number of carboxylic acid groups (broad SMARTS) is 1. The van der Waals surface area contributed by atoms with Crippen molar-refractivity contribution < 1.29 is 19.4 Å². The van der Waals surface area contributed by atoms with Crippen molar-refractivity contribution in [2.45, 2.75) is 33.8 Å². The summed E-state index contributed by atoms with van der Waals surface area (Å²) < 4.78 is 5.25. The predicted molar refractivity (Wildman–Crippen MR) is 71.7 cm³/mol. The highest BCUT2D eigenvalue weighted by Gasteiger charge is 2.17. The molecule has 0 aliphatic carbocycles. The lowest BCUT2D eigenvalue weighted by atomic mass is 10.1. The Kier molecular flexibility index (Phi) is 4.87.